The van der Waals surface area contributed by atoms with Crippen LogP contribution in [0.5, 0.6) is 0 Å². The number of nitrogens with zero attached hydrogens (tertiary/aromatic N) is 1. The van der Waals surface area contributed by atoms with Crippen molar-refractivity contribution in [1.29, 1.82) is 0 Å². The van der Waals surface area contributed by atoms with Crippen LogP contribution in [0.1, 0.15) is 39.2 Å². The zero-order chi connectivity index (χ0) is 26.8. The lowest BCUT2D eigenvalue weighted by Gasteiger charge is -2.31. The molecule has 0 saturated carbocycles. The largest absolute Gasteiger partial charge is 0.463 e. The fraction of sp³-hybridized carbons (Fsp3) is 0.357. The van der Waals surface area contributed by atoms with E-state index < -0.39 is 15.6 Å². The van der Waals surface area contributed by atoms with Crippen molar-refractivity contribution in [3.8, 4) is 23.0 Å². The SMILES string of the molecule is CC(C)(C)OC(=O)N1CCC(C#Cc2ccc3c(=O)c(-c4ccc(NS(C)(=O)=O)cc4)coc3c2)CC1. The van der Waals surface area contributed by atoms with Crippen molar-refractivity contribution in [3.05, 3.63) is 64.5 Å². The number of sulfonamides is 1. The Morgan fingerprint density at radius 1 is 1.11 bits per heavy atom. The molecule has 0 atom stereocenters. The number of carbonyl (C=O) groups excluding carboxylic acids is 1. The van der Waals surface area contributed by atoms with E-state index >= 15 is 0 Å². The Bertz CT molecular complexity index is 1530. The van der Waals surface area contributed by atoms with Gasteiger partial charge in [0.25, 0.3) is 0 Å². The molecule has 194 valence electrons. The fourth-order valence-corrected chi connectivity index (χ4v) is 4.62. The van der Waals surface area contributed by atoms with E-state index in [2.05, 4.69) is 16.6 Å². The number of carbonyl (C=O) groups is 1. The molecule has 0 unspecified atom stereocenters. The maximum absolute atomic E-state index is 13.1. The summed E-state index contributed by atoms with van der Waals surface area (Å²) in [7, 11) is -3.38. The third-order valence-electron chi connectivity index (χ3n) is 5.84. The van der Waals surface area contributed by atoms with Crippen LogP contribution in [0.25, 0.3) is 22.1 Å². The standard InChI is InChI=1S/C28H30N2O6S/c1-28(2,3)36-27(32)30-15-13-19(14-16-30)5-6-20-7-12-23-25(17-20)35-18-24(26(23)31)21-8-10-22(11-9-21)29-37(4,33)34/h7-12,17-19,29H,13-16H2,1-4H3. The zero-order valence-corrected chi connectivity index (χ0v) is 22.1. The molecule has 3 aromatic rings. The van der Waals surface area contributed by atoms with Gasteiger partial charge in [0.1, 0.15) is 17.4 Å². The van der Waals surface area contributed by atoms with Gasteiger partial charge in [0.2, 0.25) is 10.0 Å². The summed E-state index contributed by atoms with van der Waals surface area (Å²) in [6, 6.07) is 11.8. The minimum atomic E-state index is -3.38. The number of rotatable bonds is 3. The first-order valence-electron chi connectivity index (χ1n) is 12.0. The maximum Gasteiger partial charge on any atom is 0.410 e. The van der Waals surface area contributed by atoms with Crippen LogP contribution in [-0.2, 0) is 14.8 Å². The molecule has 1 aliphatic rings. The fourth-order valence-electron chi connectivity index (χ4n) is 4.06. The average molecular weight is 523 g/mol. The van der Waals surface area contributed by atoms with Crippen molar-refractivity contribution in [2.75, 3.05) is 24.1 Å². The number of anilines is 1. The average Bonchev–Trinajstić information content (AvgIpc) is 2.82. The van der Waals surface area contributed by atoms with E-state index in [4.69, 9.17) is 9.15 Å². The Morgan fingerprint density at radius 3 is 2.41 bits per heavy atom. The number of hydrogen-bond donors (Lipinski definition) is 1. The number of fused-ring (bicyclic) bond motifs is 1. The van der Waals surface area contributed by atoms with Gasteiger partial charge in [-0.15, -0.1) is 0 Å². The molecule has 2 aromatic carbocycles. The van der Waals surface area contributed by atoms with Gasteiger partial charge in [0.05, 0.1) is 17.2 Å². The Morgan fingerprint density at radius 2 is 1.78 bits per heavy atom. The van der Waals surface area contributed by atoms with Crippen molar-refractivity contribution in [1.82, 2.24) is 4.90 Å². The third kappa shape index (κ3) is 6.92. The highest BCUT2D eigenvalue weighted by Gasteiger charge is 2.26. The Balaban J connectivity index is 1.45. The van der Waals surface area contributed by atoms with Crippen molar-refractivity contribution >= 4 is 32.8 Å². The highest BCUT2D eigenvalue weighted by Crippen LogP contribution is 2.23. The van der Waals surface area contributed by atoms with E-state index in [-0.39, 0.29) is 17.4 Å². The molecular weight excluding hydrogens is 492 g/mol. The van der Waals surface area contributed by atoms with Gasteiger partial charge in [0.15, 0.2) is 5.43 Å². The van der Waals surface area contributed by atoms with Gasteiger partial charge in [-0.3, -0.25) is 9.52 Å². The Hall–Kier alpha value is -3.77. The lowest BCUT2D eigenvalue weighted by molar-refractivity contribution is 0.0199. The van der Waals surface area contributed by atoms with Gasteiger partial charge in [-0.1, -0.05) is 24.0 Å². The van der Waals surface area contributed by atoms with Crippen LogP contribution in [0, 0.1) is 17.8 Å². The molecule has 2 heterocycles. The monoisotopic (exact) mass is 522 g/mol. The number of nitrogens with one attached hydrogen (secondary N) is 1. The molecule has 1 aromatic heterocycles. The second kappa shape index (κ2) is 10.3. The van der Waals surface area contributed by atoms with E-state index in [1.54, 1.807) is 47.4 Å². The number of ether oxygens (including phenoxy) is 1. The summed E-state index contributed by atoms with van der Waals surface area (Å²) in [5.41, 5.74) is 1.91. The highest BCUT2D eigenvalue weighted by molar-refractivity contribution is 7.92. The molecular formula is C28H30N2O6S. The van der Waals surface area contributed by atoms with Gasteiger partial charge in [0, 0.05) is 30.3 Å². The molecule has 1 amide bonds. The van der Waals surface area contributed by atoms with Gasteiger partial charge in [-0.25, -0.2) is 13.2 Å². The number of piperidine rings is 1. The number of benzene rings is 2. The first-order chi connectivity index (χ1) is 17.4. The zero-order valence-electron chi connectivity index (χ0n) is 21.3. The second-order valence-electron chi connectivity index (χ2n) is 10.2. The molecule has 9 heteroatoms. The molecule has 1 N–H and O–H groups in total. The molecule has 0 spiro atoms. The maximum atomic E-state index is 13.1. The van der Waals surface area contributed by atoms with E-state index in [1.165, 1.54) is 6.26 Å². The minimum Gasteiger partial charge on any atom is -0.463 e. The molecule has 1 fully saturated rings. The van der Waals surface area contributed by atoms with Crippen molar-refractivity contribution in [2.45, 2.75) is 39.2 Å². The number of amides is 1. The Labute approximate surface area is 216 Å². The summed E-state index contributed by atoms with van der Waals surface area (Å²) in [4.78, 5) is 27.0. The van der Waals surface area contributed by atoms with Crippen LogP contribution < -0.4 is 10.2 Å². The highest BCUT2D eigenvalue weighted by atomic mass is 32.2. The van der Waals surface area contributed by atoms with Gasteiger partial charge < -0.3 is 14.1 Å². The van der Waals surface area contributed by atoms with E-state index in [0.717, 1.165) is 24.7 Å². The van der Waals surface area contributed by atoms with E-state index in [0.29, 0.717) is 40.9 Å². The normalized spacial score (nSPS) is 14.6. The number of likely N-dealkylation sites (tertiary alicyclic amines) is 1. The Kier molecular flexibility index (Phi) is 7.32. The van der Waals surface area contributed by atoms with Crippen LogP contribution in [0.3, 0.4) is 0 Å². The van der Waals surface area contributed by atoms with Crippen molar-refractivity contribution in [2.24, 2.45) is 5.92 Å². The van der Waals surface area contributed by atoms with E-state index in [9.17, 15) is 18.0 Å². The lowest BCUT2D eigenvalue weighted by Crippen LogP contribution is -2.41. The smallest absolute Gasteiger partial charge is 0.410 e. The van der Waals surface area contributed by atoms with Gasteiger partial charge >= 0.3 is 6.09 Å². The molecule has 0 bridgehead atoms. The topological polar surface area (TPSA) is 106 Å². The van der Waals surface area contributed by atoms with E-state index in [1.807, 2.05) is 20.8 Å². The third-order valence-corrected chi connectivity index (χ3v) is 6.45. The van der Waals surface area contributed by atoms with Crippen LogP contribution in [-0.4, -0.2) is 44.4 Å². The molecule has 0 radical (unpaired) electrons. The van der Waals surface area contributed by atoms with Crippen molar-refractivity contribution < 1.29 is 22.4 Å². The summed E-state index contributed by atoms with van der Waals surface area (Å²) in [6.07, 6.45) is 3.75. The number of hydrogen-bond acceptors (Lipinski definition) is 6. The van der Waals surface area contributed by atoms with Crippen LogP contribution in [0.2, 0.25) is 0 Å². The molecule has 1 saturated heterocycles. The quantitative estimate of drug-likeness (QED) is 0.494. The first kappa shape index (κ1) is 26.3. The first-order valence-corrected chi connectivity index (χ1v) is 13.9. The van der Waals surface area contributed by atoms with Gasteiger partial charge in [-0.05, 0) is 69.5 Å². The summed E-state index contributed by atoms with van der Waals surface area (Å²) < 4.78 is 36.4. The van der Waals surface area contributed by atoms with Crippen LogP contribution in [0.4, 0.5) is 10.5 Å². The minimum absolute atomic E-state index is 0.170. The molecule has 37 heavy (non-hydrogen) atoms. The molecule has 4 rings (SSSR count). The van der Waals surface area contributed by atoms with Crippen LogP contribution in [0.15, 0.2) is 57.9 Å². The second-order valence-corrected chi connectivity index (χ2v) is 11.9. The van der Waals surface area contributed by atoms with Crippen molar-refractivity contribution in [3.63, 3.8) is 0 Å². The van der Waals surface area contributed by atoms with Gasteiger partial charge in [-0.2, -0.15) is 0 Å². The summed E-state index contributed by atoms with van der Waals surface area (Å²) >= 11 is 0. The lowest BCUT2D eigenvalue weighted by atomic mass is 9.97. The molecule has 8 nitrogen and oxygen atoms in total. The molecule has 0 aliphatic carbocycles. The summed E-state index contributed by atoms with van der Waals surface area (Å²) in [6.45, 7) is 6.78. The predicted molar refractivity (Wildman–Crippen MR) is 144 cm³/mol. The predicted octanol–water partition coefficient (Wildman–Crippen LogP) is 4.83. The molecule has 1 aliphatic heterocycles. The summed E-state index contributed by atoms with van der Waals surface area (Å²) in [5, 5.41) is 0.437. The summed E-state index contributed by atoms with van der Waals surface area (Å²) in [5.74, 6) is 6.63. The van der Waals surface area contributed by atoms with Crippen LogP contribution >= 0.6 is 0 Å².